The molecule has 0 spiro atoms. The SMILES string of the molecule is CC1CCN(c2cnnc3ccccc23)C1CBr. The molecular formula is C14H16BrN3. The van der Waals surface area contributed by atoms with Crippen molar-refractivity contribution in [2.75, 3.05) is 16.8 Å². The van der Waals surface area contributed by atoms with Crippen LogP contribution in [0.2, 0.25) is 0 Å². The topological polar surface area (TPSA) is 29.0 Å². The highest BCUT2D eigenvalue weighted by atomic mass is 79.9. The van der Waals surface area contributed by atoms with E-state index in [0.29, 0.717) is 6.04 Å². The summed E-state index contributed by atoms with van der Waals surface area (Å²) in [7, 11) is 0. The van der Waals surface area contributed by atoms with Crippen molar-refractivity contribution in [3.8, 4) is 0 Å². The van der Waals surface area contributed by atoms with Crippen molar-refractivity contribution in [3.05, 3.63) is 30.5 Å². The highest BCUT2D eigenvalue weighted by Gasteiger charge is 2.31. The van der Waals surface area contributed by atoms with Gasteiger partial charge in [-0.2, -0.15) is 10.2 Å². The van der Waals surface area contributed by atoms with Crippen molar-refractivity contribution in [3.63, 3.8) is 0 Å². The molecule has 0 N–H and O–H groups in total. The number of fused-ring (bicyclic) bond motifs is 1. The summed E-state index contributed by atoms with van der Waals surface area (Å²) in [4.78, 5) is 2.47. The molecule has 0 aliphatic carbocycles. The van der Waals surface area contributed by atoms with Crippen molar-refractivity contribution in [2.45, 2.75) is 19.4 Å². The maximum Gasteiger partial charge on any atom is 0.0950 e. The van der Waals surface area contributed by atoms with E-state index in [1.54, 1.807) is 0 Å². The summed E-state index contributed by atoms with van der Waals surface area (Å²) in [6.45, 7) is 3.43. The Bertz CT molecular complexity index is 552. The van der Waals surface area contributed by atoms with Crippen LogP contribution in [0.4, 0.5) is 5.69 Å². The second-order valence-corrected chi connectivity index (χ2v) is 5.58. The molecule has 3 nitrogen and oxygen atoms in total. The molecule has 0 saturated carbocycles. The van der Waals surface area contributed by atoms with Crippen molar-refractivity contribution >= 4 is 32.5 Å². The van der Waals surface area contributed by atoms with E-state index >= 15 is 0 Å². The summed E-state index contributed by atoms with van der Waals surface area (Å²) >= 11 is 3.64. The van der Waals surface area contributed by atoms with Crippen LogP contribution in [0.3, 0.4) is 0 Å². The smallest absolute Gasteiger partial charge is 0.0950 e. The van der Waals surface area contributed by atoms with Gasteiger partial charge in [-0.05, 0) is 18.4 Å². The monoisotopic (exact) mass is 305 g/mol. The van der Waals surface area contributed by atoms with E-state index in [-0.39, 0.29) is 0 Å². The number of anilines is 1. The molecule has 1 aromatic carbocycles. The molecule has 94 valence electrons. The van der Waals surface area contributed by atoms with Gasteiger partial charge in [0, 0.05) is 23.3 Å². The third kappa shape index (κ3) is 1.88. The van der Waals surface area contributed by atoms with Gasteiger partial charge in [-0.15, -0.1) is 0 Å². The van der Waals surface area contributed by atoms with Crippen LogP contribution in [0.25, 0.3) is 10.9 Å². The van der Waals surface area contributed by atoms with E-state index in [9.17, 15) is 0 Å². The van der Waals surface area contributed by atoms with Crippen molar-refractivity contribution < 1.29 is 0 Å². The van der Waals surface area contributed by atoms with Crippen LogP contribution in [0.15, 0.2) is 30.5 Å². The third-order valence-corrected chi connectivity index (χ3v) is 4.54. The first-order valence-electron chi connectivity index (χ1n) is 6.34. The molecule has 1 aromatic heterocycles. The number of alkyl halides is 1. The number of nitrogens with zero attached hydrogens (tertiary/aromatic N) is 3. The number of halogens is 1. The Balaban J connectivity index is 2.09. The van der Waals surface area contributed by atoms with E-state index in [1.807, 2.05) is 18.3 Å². The van der Waals surface area contributed by atoms with Gasteiger partial charge >= 0.3 is 0 Å². The minimum absolute atomic E-state index is 0.553. The molecule has 2 atom stereocenters. The van der Waals surface area contributed by atoms with Gasteiger partial charge < -0.3 is 4.90 Å². The zero-order valence-electron chi connectivity index (χ0n) is 10.4. The fraction of sp³-hybridized carbons (Fsp3) is 0.429. The van der Waals surface area contributed by atoms with E-state index in [0.717, 1.165) is 23.3 Å². The van der Waals surface area contributed by atoms with Gasteiger partial charge in [0.15, 0.2) is 0 Å². The van der Waals surface area contributed by atoms with Gasteiger partial charge in [0.2, 0.25) is 0 Å². The summed E-state index contributed by atoms with van der Waals surface area (Å²) in [5, 5.41) is 10.5. The molecule has 3 rings (SSSR count). The first-order valence-corrected chi connectivity index (χ1v) is 7.46. The Labute approximate surface area is 115 Å². The lowest BCUT2D eigenvalue weighted by molar-refractivity contribution is 0.554. The minimum atomic E-state index is 0.553. The van der Waals surface area contributed by atoms with Crippen LogP contribution < -0.4 is 4.90 Å². The second kappa shape index (κ2) is 4.84. The van der Waals surface area contributed by atoms with Crippen LogP contribution in [-0.4, -0.2) is 28.1 Å². The van der Waals surface area contributed by atoms with Crippen LogP contribution >= 0.6 is 15.9 Å². The van der Waals surface area contributed by atoms with Crippen molar-refractivity contribution in [1.29, 1.82) is 0 Å². The predicted molar refractivity (Wildman–Crippen MR) is 78.2 cm³/mol. The van der Waals surface area contributed by atoms with Crippen molar-refractivity contribution in [1.82, 2.24) is 10.2 Å². The molecule has 0 bridgehead atoms. The molecule has 1 aliphatic heterocycles. The molecule has 2 unspecified atom stereocenters. The van der Waals surface area contributed by atoms with Crippen molar-refractivity contribution in [2.24, 2.45) is 5.92 Å². The first-order chi connectivity index (χ1) is 8.81. The maximum atomic E-state index is 4.19. The van der Waals surface area contributed by atoms with E-state index in [2.05, 4.69) is 50.1 Å². The van der Waals surface area contributed by atoms with Crippen LogP contribution in [-0.2, 0) is 0 Å². The fourth-order valence-electron chi connectivity index (χ4n) is 2.76. The molecule has 18 heavy (non-hydrogen) atoms. The average molecular weight is 306 g/mol. The largest absolute Gasteiger partial charge is 0.366 e. The molecule has 1 saturated heterocycles. The van der Waals surface area contributed by atoms with Gasteiger partial charge in [0.25, 0.3) is 0 Å². The number of hydrogen-bond acceptors (Lipinski definition) is 3. The number of rotatable bonds is 2. The number of benzene rings is 1. The summed E-state index contributed by atoms with van der Waals surface area (Å²) in [6.07, 6.45) is 3.14. The zero-order chi connectivity index (χ0) is 12.5. The Hall–Kier alpha value is -1.16. The Kier molecular flexibility index (Phi) is 3.20. The Morgan fingerprint density at radius 2 is 2.22 bits per heavy atom. The summed E-state index contributed by atoms with van der Waals surface area (Å²) < 4.78 is 0. The summed E-state index contributed by atoms with van der Waals surface area (Å²) in [6, 6.07) is 8.78. The Morgan fingerprint density at radius 1 is 1.39 bits per heavy atom. The van der Waals surface area contributed by atoms with Gasteiger partial charge in [0.05, 0.1) is 17.4 Å². The van der Waals surface area contributed by atoms with E-state index < -0.39 is 0 Å². The molecular weight excluding hydrogens is 290 g/mol. The van der Waals surface area contributed by atoms with Crippen LogP contribution in [0, 0.1) is 5.92 Å². The van der Waals surface area contributed by atoms with Crippen LogP contribution in [0.5, 0.6) is 0 Å². The van der Waals surface area contributed by atoms with E-state index in [1.165, 1.54) is 17.5 Å². The highest BCUT2D eigenvalue weighted by molar-refractivity contribution is 9.09. The molecule has 2 aromatic rings. The standard InChI is InChI=1S/C14H16BrN3/c1-10-6-7-18(13(10)8-15)14-9-16-17-12-5-3-2-4-11(12)14/h2-5,9-10,13H,6-8H2,1H3. The van der Waals surface area contributed by atoms with Crippen LogP contribution in [0.1, 0.15) is 13.3 Å². The minimum Gasteiger partial charge on any atom is -0.366 e. The second-order valence-electron chi connectivity index (χ2n) is 4.93. The Morgan fingerprint density at radius 3 is 3.06 bits per heavy atom. The lowest BCUT2D eigenvalue weighted by Gasteiger charge is -2.27. The van der Waals surface area contributed by atoms with Gasteiger partial charge in [-0.3, -0.25) is 0 Å². The highest BCUT2D eigenvalue weighted by Crippen LogP contribution is 2.33. The summed E-state index contributed by atoms with van der Waals surface area (Å²) in [5.74, 6) is 0.719. The molecule has 4 heteroatoms. The fourth-order valence-corrected chi connectivity index (χ4v) is 3.75. The van der Waals surface area contributed by atoms with Gasteiger partial charge in [-0.1, -0.05) is 41.1 Å². The number of aromatic nitrogens is 2. The van der Waals surface area contributed by atoms with Gasteiger partial charge in [-0.25, -0.2) is 0 Å². The third-order valence-electron chi connectivity index (χ3n) is 3.88. The molecule has 1 aliphatic rings. The molecule has 1 fully saturated rings. The van der Waals surface area contributed by atoms with E-state index in [4.69, 9.17) is 0 Å². The maximum absolute atomic E-state index is 4.19. The first kappa shape index (κ1) is 11.9. The molecule has 0 radical (unpaired) electrons. The summed E-state index contributed by atoms with van der Waals surface area (Å²) in [5.41, 5.74) is 2.19. The normalized spacial score (nSPS) is 23.8. The molecule has 2 heterocycles. The quantitative estimate of drug-likeness (QED) is 0.798. The molecule has 0 amide bonds. The lowest BCUT2D eigenvalue weighted by Crippen LogP contribution is -2.33. The van der Waals surface area contributed by atoms with Gasteiger partial charge in [0.1, 0.15) is 0 Å². The predicted octanol–water partition coefficient (Wildman–Crippen LogP) is 3.24. The lowest BCUT2D eigenvalue weighted by atomic mass is 10.0. The average Bonchev–Trinajstić information content (AvgIpc) is 2.79. The zero-order valence-corrected chi connectivity index (χ0v) is 12.0. The number of hydrogen-bond donors (Lipinski definition) is 0.